The van der Waals surface area contributed by atoms with Gasteiger partial charge in [0.2, 0.25) is 10.0 Å². The van der Waals surface area contributed by atoms with Crippen LogP contribution >= 0.6 is 0 Å². The number of sulfonamides is 1. The summed E-state index contributed by atoms with van der Waals surface area (Å²) in [7, 11) is -2.87. The van der Waals surface area contributed by atoms with Crippen LogP contribution in [-0.4, -0.2) is 33.6 Å². The number of para-hydroxylation sites is 1. The number of ether oxygens (including phenoxy) is 1. The third-order valence-electron chi connectivity index (χ3n) is 4.55. The molecular formula is C25H23N3O5S. The van der Waals surface area contributed by atoms with Crippen molar-refractivity contribution < 1.29 is 22.7 Å². The van der Waals surface area contributed by atoms with E-state index in [1.165, 1.54) is 31.4 Å². The molecule has 3 aromatic rings. The first-order valence-electron chi connectivity index (χ1n) is 10.2. The number of urea groups is 1. The lowest BCUT2D eigenvalue weighted by Gasteiger charge is -2.15. The predicted molar refractivity (Wildman–Crippen MR) is 130 cm³/mol. The van der Waals surface area contributed by atoms with E-state index in [0.29, 0.717) is 11.4 Å². The fourth-order valence-corrected chi connectivity index (χ4v) is 4.06. The Morgan fingerprint density at radius 2 is 1.41 bits per heavy atom. The van der Waals surface area contributed by atoms with E-state index in [2.05, 4.69) is 27.2 Å². The number of rotatable bonds is 7. The molecule has 0 aliphatic heterocycles. The second-order valence-electron chi connectivity index (χ2n) is 7.04. The van der Waals surface area contributed by atoms with E-state index < -0.39 is 28.1 Å². The van der Waals surface area contributed by atoms with Crippen LogP contribution in [0, 0.1) is 11.8 Å². The molecule has 9 heteroatoms. The highest BCUT2D eigenvalue weighted by Gasteiger charge is 2.26. The Morgan fingerprint density at radius 3 is 2.00 bits per heavy atom. The summed E-state index contributed by atoms with van der Waals surface area (Å²) < 4.78 is 32.7. The minimum absolute atomic E-state index is 0.0694. The number of carbonyl (C=O) groups is 2. The number of carbonyl (C=O) groups excluding carboxylic acids is 2. The SMILES string of the molecule is COC(=O)C(CC#Cc1ccccc1)NS(=O)(=O)c1ccc(NC(=O)Nc2ccccc2)cc1. The van der Waals surface area contributed by atoms with E-state index in [1.54, 1.807) is 36.4 Å². The van der Waals surface area contributed by atoms with Crippen LogP contribution in [0.15, 0.2) is 89.8 Å². The molecule has 2 amide bonds. The van der Waals surface area contributed by atoms with Gasteiger partial charge in [-0.15, -0.1) is 0 Å². The fraction of sp³-hybridized carbons (Fsp3) is 0.120. The molecule has 0 radical (unpaired) electrons. The van der Waals surface area contributed by atoms with Crippen LogP contribution in [0.1, 0.15) is 12.0 Å². The lowest BCUT2D eigenvalue weighted by molar-refractivity contribution is -0.142. The van der Waals surface area contributed by atoms with Crippen molar-refractivity contribution in [2.24, 2.45) is 0 Å². The molecule has 8 nitrogen and oxygen atoms in total. The summed E-state index contributed by atoms with van der Waals surface area (Å²) in [4.78, 5) is 24.1. The third kappa shape index (κ3) is 7.20. The Kier molecular flexibility index (Phi) is 8.40. The summed E-state index contributed by atoms with van der Waals surface area (Å²) in [5.41, 5.74) is 1.76. The Labute approximate surface area is 198 Å². The first-order valence-corrected chi connectivity index (χ1v) is 11.7. The zero-order valence-electron chi connectivity index (χ0n) is 18.3. The second-order valence-corrected chi connectivity index (χ2v) is 8.75. The number of hydrogen-bond acceptors (Lipinski definition) is 5. The van der Waals surface area contributed by atoms with Gasteiger partial charge in [0.05, 0.1) is 12.0 Å². The molecule has 0 aromatic heterocycles. The van der Waals surface area contributed by atoms with E-state index in [4.69, 9.17) is 4.74 Å². The van der Waals surface area contributed by atoms with Gasteiger partial charge in [-0.1, -0.05) is 48.2 Å². The molecule has 0 aliphatic carbocycles. The quantitative estimate of drug-likeness (QED) is 0.356. The first kappa shape index (κ1) is 24.5. The number of esters is 1. The van der Waals surface area contributed by atoms with Crippen molar-refractivity contribution in [3.63, 3.8) is 0 Å². The summed E-state index contributed by atoms with van der Waals surface area (Å²) >= 11 is 0. The van der Waals surface area contributed by atoms with E-state index in [-0.39, 0.29) is 11.3 Å². The average molecular weight is 478 g/mol. The maximum absolute atomic E-state index is 12.8. The van der Waals surface area contributed by atoms with Crippen LogP contribution in [0.5, 0.6) is 0 Å². The van der Waals surface area contributed by atoms with Crippen molar-refractivity contribution in [1.29, 1.82) is 0 Å². The number of anilines is 2. The van der Waals surface area contributed by atoms with Crippen molar-refractivity contribution in [2.75, 3.05) is 17.7 Å². The largest absolute Gasteiger partial charge is 0.468 e. The van der Waals surface area contributed by atoms with Crippen molar-refractivity contribution in [3.8, 4) is 11.8 Å². The first-order chi connectivity index (χ1) is 16.4. The highest BCUT2D eigenvalue weighted by Crippen LogP contribution is 2.16. The van der Waals surface area contributed by atoms with Crippen LogP contribution in [0.2, 0.25) is 0 Å². The Hall–Kier alpha value is -4.13. The summed E-state index contributed by atoms with van der Waals surface area (Å²) in [6.45, 7) is 0. The normalized spacial score (nSPS) is 11.4. The molecule has 0 spiro atoms. The van der Waals surface area contributed by atoms with Crippen LogP contribution < -0.4 is 15.4 Å². The van der Waals surface area contributed by atoms with E-state index in [9.17, 15) is 18.0 Å². The van der Waals surface area contributed by atoms with E-state index >= 15 is 0 Å². The monoisotopic (exact) mass is 477 g/mol. The third-order valence-corrected chi connectivity index (χ3v) is 6.04. The van der Waals surface area contributed by atoms with Crippen molar-refractivity contribution >= 4 is 33.4 Å². The van der Waals surface area contributed by atoms with Gasteiger partial charge in [0.15, 0.2) is 0 Å². The van der Waals surface area contributed by atoms with Crippen LogP contribution in [-0.2, 0) is 19.6 Å². The minimum atomic E-state index is -4.05. The molecule has 3 N–H and O–H groups in total. The van der Waals surface area contributed by atoms with Gasteiger partial charge >= 0.3 is 12.0 Å². The number of hydrogen-bond donors (Lipinski definition) is 3. The highest BCUT2D eigenvalue weighted by molar-refractivity contribution is 7.89. The Morgan fingerprint density at radius 1 is 0.853 bits per heavy atom. The molecule has 0 bridgehead atoms. The van der Waals surface area contributed by atoms with Gasteiger partial charge in [-0.2, -0.15) is 4.72 Å². The molecule has 0 heterocycles. The standard InChI is InChI=1S/C25H23N3O5S/c1-33-24(29)23(14-8-11-19-9-4-2-5-10-19)28-34(31,32)22-17-15-21(16-18-22)27-25(30)26-20-12-6-3-7-13-20/h2-7,9-10,12-13,15-18,23,28H,14H2,1H3,(H2,26,27,30). The van der Waals surface area contributed by atoms with Gasteiger partial charge < -0.3 is 15.4 Å². The molecular weight excluding hydrogens is 454 g/mol. The van der Waals surface area contributed by atoms with Crippen molar-refractivity contribution in [3.05, 3.63) is 90.5 Å². The van der Waals surface area contributed by atoms with Gasteiger partial charge in [-0.25, -0.2) is 13.2 Å². The van der Waals surface area contributed by atoms with Gasteiger partial charge in [-0.3, -0.25) is 4.79 Å². The van der Waals surface area contributed by atoms with E-state index in [1.807, 2.05) is 24.3 Å². The number of benzene rings is 3. The molecule has 0 saturated heterocycles. The van der Waals surface area contributed by atoms with Gasteiger partial charge in [-0.05, 0) is 48.5 Å². The summed E-state index contributed by atoms with van der Waals surface area (Å²) in [5, 5.41) is 5.29. The zero-order valence-corrected chi connectivity index (χ0v) is 19.1. The Balaban J connectivity index is 1.65. The zero-order chi connectivity index (χ0) is 24.4. The molecule has 3 aromatic carbocycles. The van der Waals surface area contributed by atoms with E-state index in [0.717, 1.165) is 5.56 Å². The molecule has 1 unspecified atom stereocenters. The molecule has 34 heavy (non-hydrogen) atoms. The fourth-order valence-electron chi connectivity index (χ4n) is 2.88. The predicted octanol–water partition coefficient (Wildman–Crippen LogP) is 3.59. The van der Waals surface area contributed by atoms with Crippen LogP contribution in [0.3, 0.4) is 0 Å². The molecule has 0 fully saturated rings. The molecule has 3 rings (SSSR count). The number of amides is 2. The smallest absolute Gasteiger partial charge is 0.324 e. The lowest BCUT2D eigenvalue weighted by atomic mass is 10.2. The molecule has 0 saturated carbocycles. The Bertz CT molecular complexity index is 1280. The topological polar surface area (TPSA) is 114 Å². The highest BCUT2D eigenvalue weighted by atomic mass is 32.2. The van der Waals surface area contributed by atoms with Crippen LogP contribution in [0.25, 0.3) is 0 Å². The number of nitrogens with one attached hydrogen (secondary N) is 3. The van der Waals surface area contributed by atoms with Crippen molar-refractivity contribution in [1.82, 2.24) is 4.72 Å². The maximum atomic E-state index is 12.8. The van der Waals surface area contributed by atoms with Gasteiger partial charge in [0.1, 0.15) is 6.04 Å². The van der Waals surface area contributed by atoms with Crippen molar-refractivity contribution in [2.45, 2.75) is 17.4 Å². The minimum Gasteiger partial charge on any atom is -0.468 e. The molecule has 174 valence electrons. The summed E-state index contributed by atoms with van der Waals surface area (Å²) in [6.07, 6.45) is -0.0694. The van der Waals surface area contributed by atoms with Crippen LogP contribution in [0.4, 0.5) is 16.2 Å². The molecule has 0 aliphatic rings. The van der Waals surface area contributed by atoms with Gasteiger partial charge in [0, 0.05) is 23.4 Å². The maximum Gasteiger partial charge on any atom is 0.324 e. The average Bonchev–Trinajstić information content (AvgIpc) is 2.84. The summed E-state index contributed by atoms with van der Waals surface area (Å²) in [5.74, 6) is 4.94. The summed E-state index contributed by atoms with van der Waals surface area (Å²) in [6, 6.07) is 21.9. The van der Waals surface area contributed by atoms with Gasteiger partial charge in [0.25, 0.3) is 0 Å². The number of methoxy groups -OCH3 is 1. The lowest BCUT2D eigenvalue weighted by Crippen LogP contribution is -2.41. The molecule has 1 atom stereocenters. The second kappa shape index (κ2) is 11.7.